The van der Waals surface area contributed by atoms with E-state index in [0.29, 0.717) is 5.56 Å². The smallest absolute Gasteiger partial charge is 0.279 e. The number of benzene rings is 2. The van der Waals surface area contributed by atoms with Gasteiger partial charge in [0.15, 0.2) is 17.7 Å². The Labute approximate surface area is 162 Å². The molecule has 0 bridgehead atoms. The number of hydrazine groups is 1. The zero-order chi connectivity index (χ0) is 20.5. The summed E-state index contributed by atoms with van der Waals surface area (Å²) in [5, 5.41) is 2.63. The van der Waals surface area contributed by atoms with Gasteiger partial charge in [-0.25, -0.2) is 4.39 Å². The van der Waals surface area contributed by atoms with Gasteiger partial charge in [0.05, 0.1) is 0 Å². The minimum atomic E-state index is -1.02. The molecular weight excluding hydrogens is 365 g/mol. The molecule has 0 fully saturated rings. The standard InChI is InChI=1S/C20H22FN3O4/c1-13-6-5-7-15(12-13)20(27)22-11-10-18(25)23-24-19(26)14(2)28-17-9-4-3-8-16(17)21/h3-9,12,14H,10-11H2,1-2H3,(H,22,27)(H,23,25)(H,24,26). The third kappa shape index (κ3) is 6.39. The van der Waals surface area contributed by atoms with E-state index in [4.69, 9.17) is 4.74 Å². The Morgan fingerprint density at radius 2 is 1.82 bits per heavy atom. The third-order valence-electron chi connectivity index (χ3n) is 3.75. The van der Waals surface area contributed by atoms with Crippen molar-refractivity contribution in [3.05, 3.63) is 65.5 Å². The van der Waals surface area contributed by atoms with Crippen LogP contribution in [0.15, 0.2) is 48.5 Å². The highest BCUT2D eigenvalue weighted by molar-refractivity contribution is 5.94. The zero-order valence-corrected chi connectivity index (χ0v) is 15.6. The number of halogens is 1. The molecule has 0 aromatic heterocycles. The van der Waals surface area contributed by atoms with Gasteiger partial charge in [-0.05, 0) is 38.1 Å². The average Bonchev–Trinajstić information content (AvgIpc) is 2.67. The van der Waals surface area contributed by atoms with E-state index in [1.807, 2.05) is 13.0 Å². The van der Waals surface area contributed by atoms with E-state index >= 15 is 0 Å². The van der Waals surface area contributed by atoms with E-state index in [-0.39, 0.29) is 24.6 Å². The Morgan fingerprint density at radius 3 is 2.54 bits per heavy atom. The summed E-state index contributed by atoms with van der Waals surface area (Å²) in [6.07, 6.45) is -1.04. The fourth-order valence-corrected chi connectivity index (χ4v) is 2.26. The van der Waals surface area contributed by atoms with Crippen molar-refractivity contribution in [2.45, 2.75) is 26.4 Å². The highest BCUT2D eigenvalue weighted by atomic mass is 19.1. The van der Waals surface area contributed by atoms with E-state index < -0.39 is 23.7 Å². The van der Waals surface area contributed by atoms with Crippen LogP contribution in [0.3, 0.4) is 0 Å². The van der Waals surface area contributed by atoms with Gasteiger partial charge in [0, 0.05) is 18.5 Å². The van der Waals surface area contributed by atoms with Gasteiger partial charge in [-0.2, -0.15) is 0 Å². The topological polar surface area (TPSA) is 96.5 Å². The first-order chi connectivity index (χ1) is 13.4. The highest BCUT2D eigenvalue weighted by Crippen LogP contribution is 2.16. The highest BCUT2D eigenvalue weighted by Gasteiger charge is 2.17. The van der Waals surface area contributed by atoms with Gasteiger partial charge in [-0.15, -0.1) is 0 Å². The van der Waals surface area contributed by atoms with Crippen molar-refractivity contribution in [2.24, 2.45) is 0 Å². The van der Waals surface area contributed by atoms with Gasteiger partial charge < -0.3 is 10.1 Å². The number of ether oxygens (including phenoxy) is 1. The number of rotatable bonds is 7. The fourth-order valence-electron chi connectivity index (χ4n) is 2.26. The molecule has 0 aliphatic rings. The lowest BCUT2D eigenvalue weighted by atomic mass is 10.1. The predicted octanol–water partition coefficient (Wildman–Crippen LogP) is 1.87. The molecule has 8 heteroatoms. The van der Waals surface area contributed by atoms with E-state index in [1.165, 1.54) is 25.1 Å². The molecule has 2 aromatic rings. The minimum Gasteiger partial charge on any atom is -0.478 e. The van der Waals surface area contributed by atoms with Crippen molar-refractivity contribution in [1.29, 1.82) is 0 Å². The van der Waals surface area contributed by atoms with Crippen LogP contribution in [0.1, 0.15) is 29.3 Å². The van der Waals surface area contributed by atoms with Gasteiger partial charge in [0.2, 0.25) is 5.91 Å². The summed E-state index contributed by atoms with van der Waals surface area (Å²) in [5.41, 5.74) is 5.89. The van der Waals surface area contributed by atoms with Crippen LogP contribution in [0.4, 0.5) is 4.39 Å². The molecule has 0 heterocycles. The summed E-state index contributed by atoms with van der Waals surface area (Å²) in [6, 6.07) is 12.8. The summed E-state index contributed by atoms with van der Waals surface area (Å²) in [5.74, 6) is -2.06. The molecule has 1 unspecified atom stereocenters. The van der Waals surface area contributed by atoms with Crippen LogP contribution in [-0.4, -0.2) is 30.4 Å². The van der Waals surface area contributed by atoms with E-state index in [0.717, 1.165) is 5.56 Å². The zero-order valence-electron chi connectivity index (χ0n) is 15.6. The number of hydrogen-bond acceptors (Lipinski definition) is 4. The monoisotopic (exact) mass is 387 g/mol. The van der Waals surface area contributed by atoms with Crippen LogP contribution in [-0.2, 0) is 9.59 Å². The number of aryl methyl sites for hydroxylation is 1. The van der Waals surface area contributed by atoms with E-state index in [2.05, 4.69) is 16.2 Å². The van der Waals surface area contributed by atoms with Gasteiger partial charge in [-0.1, -0.05) is 29.8 Å². The molecule has 0 spiro atoms. The maximum atomic E-state index is 13.5. The van der Waals surface area contributed by atoms with Gasteiger partial charge in [0.1, 0.15) is 0 Å². The molecule has 148 valence electrons. The second kappa shape index (κ2) is 10.1. The van der Waals surface area contributed by atoms with Gasteiger partial charge in [-0.3, -0.25) is 25.2 Å². The summed E-state index contributed by atoms with van der Waals surface area (Å²) in [4.78, 5) is 35.7. The first-order valence-corrected chi connectivity index (χ1v) is 8.71. The molecular formula is C20H22FN3O4. The first-order valence-electron chi connectivity index (χ1n) is 8.71. The molecule has 0 radical (unpaired) electrons. The van der Waals surface area contributed by atoms with Crippen LogP contribution >= 0.6 is 0 Å². The Balaban J connectivity index is 1.69. The Morgan fingerprint density at radius 1 is 1.07 bits per heavy atom. The number of hydrogen-bond donors (Lipinski definition) is 3. The third-order valence-corrected chi connectivity index (χ3v) is 3.75. The number of para-hydroxylation sites is 1. The van der Waals surface area contributed by atoms with Crippen molar-refractivity contribution < 1.29 is 23.5 Å². The molecule has 2 aromatic carbocycles. The SMILES string of the molecule is Cc1cccc(C(=O)NCCC(=O)NNC(=O)C(C)Oc2ccccc2F)c1. The maximum Gasteiger partial charge on any atom is 0.279 e. The number of amides is 3. The lowest BCUT2D eigenvalue weighted by molar-refractivity contribution is -0.132. The average molecular weight is 387 g/mol. The normalized spacial score (nSPS) is 11.2. The summed E-state index contributed by atoms with van der Waals surface area (Å²) >= 11 is 0. The molecule has 28 heavy (non-hydrogen) atoms. The molecule has 0 aliphatic carbocycles. The van der Waals surface area contributed by atoms with Gasteiger partial charge >= 0.3 is 0 Å². The van der Waals surface area contributed by atoms with Crippen molar-refractivity contribution in [3.63, 3.8) is 0 Å². The molecule has 0 saturated heterocycles. The van der Waals surface area contributed by atoms with Crippen LogP contribution in [0, 0.1) is 12.7 Å². The lowest BCUT2D eigenvalue weighted by Crippen LogP contribution is -2.47. The number of nitrogens with one attached hydrogen (secondary N) is 3. The summed E-state index contributed by atoms with van der Waals surface area (Å²) in [7, 11) is 0. The predicted molar refractivity (Wildman–Crippen MR) is 101 cm³/mol. The second-order valence-electron chi connectivity index (χ2n) is 6.10. The number of carbonyl (C=O) groups is 3. The van der Waals surface area contributed by atoms with Crippen molar-refractivity contribution in [3.8, 4) is 5.75 Å². The first kappa shape index (κ1) is 20.9. The van der Waals surface area contributed by atoms with E-state index in [9.17, 15) is 18.8 Å². The molecule has 2 rings (SSSR count). The van der Waals surface area contributed by atoms with Crippen molar-refractivity contribution >= 4 is 17.7 Å². The largest absolute Gasteiger partial charge is 0.478 e. The molecule has 3 amide bonds. The number of carbonyl (C=O) groups excluding carboxylic acids is 3. The molecule has 0 saturated carbocycles. The Kier molecular flexibility index (Phi) is 7.50. The maximum absolute atomic E-state index is 13.5. The lowest BCUT2D eigenvalue weighted by Gasteiger charge is -2.15. The Hall–Kier alpha value is -3.42. The van der Waals surface area contributed by atoms with Crippen LogP contribution in [0.2, 0.25) is 0 Å². The molecule has 3 N–H and O–H groups in total. The van der Waals surface area contributed by atoms with Crippen LogP contribution in [0.25, 0.3) is 0 Å². The molecule has 7 nitrogen and oxygen atoms in total. The van der Waals surface area contributed by atoms with Gasteiger partial charge in [0.25, 0.3) is 11.8 Å². The molecule has 1 atom stereocenters. The van der Waals surface area contributed by atoms with Crippen LogP contribution < -0.4 is 20.9 Å². The van der Waals surface area contributed by atoms with Crippen molar-refractivity contribution in [1.82, 2.24) is 16.2 Å². The second-order valence-corrected chi connectivity index (χ2v) is 6.10. The quantitative estimate of drug-likeness (QED) is 0.632. The van der Waals surface area contributed by atoms with E-state index in [1.54, 1.807) is 24.3 Å². The van der Waals surface area contributed by atoms with Crippen LogP contribution in [0.5, 0.6) is 5.75 Å². The Bertz CT molecular complexity index is 857. The van der Waals surface area contributed by atoms with Crippen molar-refractivity contribution in [2.75, 3.05) is 6.54 Å². The summed E-state index contributed by atoms with van der Waals surface area (Å²) in [6.45, 7) is 3.41. The fraction of sp³-hybridized carbons (Fsp3) is 0.250. The molecule has 0 aliphatic heterocycles. The minimum absolute atomic E-state index is 0.0274. The summed E-state index contributed by atoms with van der Waals surface area (Å²) < 4.78 is 18.7.